The standard InChI is InChI=1S/C23H27NO3.C7H12O3S/c1-15(2)22(25)27-19-6-5-18-11-21-16(3)23(4,20(18)12-19)8-9-24(21)13-17-7-10-26-14-17;1-4-5-7(2,6(8)9)11(3)10/h5-7,10,12,14,16,21H,1,8-9,11,13H2,2-4H3;4-5H,1-3H3,(H,8,9)/b;5-4+/t16-,21+,23+;/m0./s1. The lowest BCUT2D eigenvalue weighted by Crippen LogP contribution is -2.57. The fraction of sp³-hybridized carbons (Fsp3) is 0.467. The maximum Gasteiger partial charge on any atom is 0.338 e. The number of piperidine rings is 1. The summed E-state index contributed by atoms with van der Waals surface area (Å²) >= 11 is 0. The van der Waals surface area contributed by atoms with Crippen LogP contribution in [0.15, 0.2) is 65.5 Å². The maximum atomic E-state index is 11.9. The average molecular weight is 542 g/mol. The molecule has 1 saturated heterocycles. The number of rotatable bonds is 7. The summed E-state index contributed by atoms with van der Waals surface area (Å²) in [6.45, 7) is 15.2. The Morgan fingerprint density at radius 1 is 1.37 bits per heavy atom. The van der Waals surface area contributed by atoms with Gasteiger partial charge in [0.25, 0.3) is 0 Å². The second kappa shape index (κ2) is 11.8. The smallest absolute Gasteiger partial charge is 0.338 e. The molecule has 5 atom stereocenters. The first-order valence-electron chi connectivity index (χ1n) is 12.8. The highest BCUT2D eigenvalue weighted by molar-refractivity contribution is 7.86. The van der Waals surface area contributed by atoms with E-state index in [0.29, 0.717) is 23.3 Å². The van der Waals surface area contributed by atoms with E-state index in [0.717, 1.165) is 25.9 Å². The Balaban J connectivity index is 0.000000310. The quantitative estimate of drug-likeness (QED) is 0.221. The Hall–Kier alpha value is -2.97. The summed E-state index contributed by atoms with van der Waals surface area (Å²) in [5.41, 5.74) is 4.45. The third-order valence-corrected chi connectivity index (χ3v) is 9.63. The van der Waals surface area contributed by atoms with E-state index in [-0.39, 0.29) is 11.4 Å². The van der Waals surface area contributed by atoms with Gasteiger partial charge in [-0.25, -0.2) is 4.79 Å². The molecule has 0 saturated carbocycles. The molecule has 2 bridgehead atoms. The van der Waals surface area contributed by atoms with E-state index in [1.807, 2.05) is 12.3 Å². The average Bonchev–Trinajstić information content (AvgIpc) is 3.37. The Kier molecular flexibility index (Phi) is 9.21. The van der Waals surface area contributed by atoms with Crippen molar-refractivity contribution in [1.29, 1.82) is 0 Å². The van der Waals surface area contributed by atoms with Gasteiger partial charge >= 0.3 is 11.9 Å². The molecule has 206 valence electrons. The van der Waals surface area contributed by atoms with Crippen LogP contribution in [0, 0.1) is 5.92 Å². The zero-order chi connectivity index (χ0) is 28.3. The fourth-order valence-electron chi connectivity index (χ4n) is 5.37. The normalized spacial score (nSPS) is 24.9. The van der Waals surface area contributed by atoms with Crippen molar-refractivity contribution in [2.24, 2.45) is 5.92 Å². The lowest BCUT2D eigenvalue weighted by atomic mass is 9.59. The molecule has 2 aromatic rings. The molecule has 0 amide bonds. The van der Waals surface area contributed by atoms with Gasteiger partial charge in [-0.3, -0.25) is 13.9 Å². The van der Waals surface area contributed by atoms with Crippen molar-refractivity contribution in [3.8, 4) is 5.75 Å². The third-order valence-electron chi connectivity index (χ3n) is 8.13. The van der Waals surface area contributed by atoms with Crippen LogP contribution in [0.2, 0.25) is 0 Å². The number of allylic oxidation sites excluding steroid dienone is 1. The zero-order valence-electron chi connectivity index (χ0n) is 23.2. The number of aliphatic carboxylic acids is 1. The van der Waals surface area contributed by atoms with Gasteiger partial charge in [0.2, 0.25) is 0 Å². The van der Waals surface area contributed by atoms with Crippen molar-refractivity contribution in [3.05, 3.63) is 77.8 Å². The number of benzene rings is 1. The first kappa shape index (κ1) is 29.6. The molecule has 4 rings (SSSR count). The summed E-state index contributed by atoms with van der Waals surface area (Å²) in [7, 11) is -1.39. The number of nitrogens with zero attached hydrogens (tertiary/aromatic N) is 1. The molecule has 1 aliphatic carbocycles. The number of esters is 1. The van der Waals surface area contributed by atoms with Crippen LogP contribution in [0.3, 0.4) is 0 Å². The van der Waals surface area contributed by atoms with Gasteiger partial charge in [-0.1, -0.05) is 38.6 Å². The first-order valence-corrected chi connectivity index (χ1v) is 14.4. The monoisotopic (exact) mass is 541 g/mol. The molecule has 1 aromatic carbocycles. The van der Waals surface area contributed by atoms with Crippen molar-refractivity contribution < 1.29 is 28.1 Å². The Labute approximate surface area is 228 Å². The number of carboxylic acids is 1. The fourth-order valence-corrected chi connectivity index (χ4v) is 5.94. The minimum atomic E-state index is -1.39. The van der Waals surface area contributed by atoms with E-state index in [4.69, 9.17) is 14.3 Å². The number of carboxylic acid groups (broad SMARTS) is 1. The van der Waals surface area contributed by atoms with E-state index < -0.39 is 21.5 Å². The van der Waals surface area contributed by atoms with Gasteiger partial charge in [-0.15, -0.1) is 0 Å². The summed E-state index contributed by atoms with van der Waals surface area (Å²) in [6, 6.07) is 8.69. The van der Waals surface area contributed by atoms with Crippen LogP contribution in [0.4, 0.5) is 0 Å². The van der Waals surface area contributed by atoms with Crippen LogP contribution in [-0.2, 0) is 38.8 Å². The molecule has 7 nitrogen and oxygen atoms in total. The van der Waals surface area contributed by atoms with E-state index in [1.165, 1.54) is 35.9 Å². The van der Waals surface area contributed by atoms with Crippen molar-refractivity contribution in [2.45, 2.75) is 70.2 Å². The van der Waals surface area contributed by atoms with Gasteiger partial charge < -0.3 is 14.3 Å². The first-order chi connectivity index (χ1) is 17.8. The summed E-state index contributed by atoms with van der Waals surface area (Å²) in [5, 5.41) is 8.69. The number of carbonyl (C=O) groups excluding carboxylic acids is 1. The largest absolute Gasteiger partial charge is 0.480 e. The molecule has 0 spiro atoms. The molecule has 38 heavy (non-hydrogen) atoms. The highest BCUT2D eigenvalue weighted by atomic mass is 32.2. The molecule has 1 N–H and O–H groups in total. The van der Waals surface area contributed by atoms with Gasteiger partial charge in [-0.2, -0.15) is 0 Å². The molecule has 1 aliphatic heterocycles. The van der Waals surface area contributed by atoms with Crippen molar-refractivity contribution in [1.82, 2.24) is 4.90 Å². The molecular formula is C30H39NO6S. The molecule has 2 aliphatic rings. The highest BCUT2D eigenvalue weighted by Crippen LogP contribution is 2.49. The van der Waals surface area contributed by atoms with Gasteiger partial charge in [0.15, 0.2) is 4.75 Å². The van der Waals surface area contributed by atoms with Crippen LogP contribution >= 0.6 is 0 Å². The third kappa shape index (κ3) is 6.02. The van der Waals surface area contributed by atoms with Crippen molar-refractivity contribution in [2.75, 3.05) is 12.8 Å². The molecule has 2 heterocycles. The second-order valence-electron chi connectivity index (χ2n) is 10.7. The van der Waals surface area contributed by atoms with Crippen LogP contribution in [0.25, 0.3) is 0 Å². The summed E-state index contributed by atoms with van der Waals surface area (Å²) < 4.78 is 20.5. The second-order valence-corrected chi connectivity index (χ2v) is 12.4. The van der Waals surface area contributed by atoms with Gasteiger partial charge in [-0.05, 0) is 80.8 Å². The number of ether oxygens (including phenoxy) is 1. The minimum Gasteiger partial charge on any atom is -0.480 e. The van der Waals surface area contributed by atoms with Crippen molar-refractivity contribution in [3.63, 3.8) is 0 Å². The Morgan fingerprint density at radius 2 is 2.08 bits per heavy atom. The number of furan rings is 1. The number of fused-ring (bicyclic) bond motifs is 4. The van der Waals surface area contributed by atoms with E-state index in [1.54, 1.807) is 26.2 Å². The minimum absolute atomic E-state index is 0.0940. The number of hydrogen-bond acceptors (Lipinski definition) is 6. The summed E-state index contributed by atoms with van der Waals surface area (Å²) in [6.07, 6.45) is 10.1. The van der Waals surface area contributed by atoms with Crippen LogP contribution in [-0.4, -0.2) is 49.7 Å². The van der Waals surface area contributed by atoms with E-state index in [2.05, 4.69) is 43.5 Å². The topological polar surface area (TPSA) is 97.0 Å². The van der Waals surface area contributed by atoms with Crippen molar-refractivity contribution >= 4 is 22.7 Å². The lowest BCUT2D eigenvalue weighted by molar-refractivity contribution is -0.138. The molecule has 1 fully saturated rings. The Morgan fingerprint density at radius 3 is 2.61 bits per heavy atom. The van der Waals surface area contributed by atoms with E-state index >= 15 is 0 Å². The van der Waals surface area contributed by atoms with Gasteiger partial charge in [0.05, 0.1) is 12.5 Å². The molecule has 0 radical (unpaired) electrons. The van der Waals surface area contributed by atoms with E-state index in [9.17, 15) is 13.8 Å². The van der Waals surface area contributed by atoms with Crippen LogP contribution in [0.1, 0.15) is 57.7 Å². The highest BCUT2D eigenvalue weighted by Gasteiger charge is 2.48. The number of hydrogen-bond donors (Lipinski definition) is 1. The molecule has 2 unspecified atom stereocenters. The lowest BCUT2D eigenvalue weighted by Gasteiger charge is -2.54. The SMILES string of the molecule is C/C=C/C(C)(C(=O)O)S(C)=O.C=C(C)C(=O)Oc1ccc2c(c1)[C@]1(C)CCN(Cc3ccoc3)[C@H](C2)[C@@H]1C. The Bertz CT molecular complexity index is 1220. The van der Waals surface area contributed by atoms with Crippen LogP contribution in [0.5, 0.6) is 5.75 Å². The van der Waals surface area contributed by atoms with Gasteiger partial charge in [0.1, 0.15) is 5.75 Å². The number of carbonyl (C=O) groups is 2. The summed E-state index contributed by atoms with van der Waals surface area (Å²) in [5.74, 6) is -0.277. The van der Waals surface area contributed by atoms with Crippen LogP contribution < -0.4 is 4.74 Å². The summed E-state index contributed by atoms with van der Waals surface area (Å²) in [4.78, 5) is 25.1. The molecule has 1 aromatic heterocycles. The molecule has 8 heteroatoms. The predicted octanol–water partition coefficient (Wildman–Crippen LogP) is 5.27. The van der Waals surface area contributed by atoms with Gasteiger partial charge in [0, 0.05) is 40.8 Å². The molecular weight excluding hydrogens is 502 g/mol. The predicted molar refractivity (Wildman–Crippen MR) is 150 cm³/mol. The zero-order valence-corrected chi connectivity index (χ0v) is 24.0. The maximum absolute atomic E-state index is 11.9. The number of likely N-dealkylation sites (tertiary alicyclic amines) is 1.